The summed E-state index contributed by atoms with van der Waals surface area (Å²) < 4.78 is 41.9. The second-order valence-corrected chi connectivity index (χ2v) is 10.6. The Bertz CT molecular complexity index is 1370. The maximum absolute atomic E-state index is 14.2. The van der Waals surface area contributed by atoms with Gasteiger partial charge in [-0.25, -0.2) is 22.3 Å². The largest absolute Gasteiger partial charge is 0.330 e. The number of hydrogen-bond acceptors (Lipinski definition) is 5. The number of fused-ring (bicyclic) bond motifs is 1. The molecule has 4 rings (SSSR count). The molecule has 1 atom stereocenters. The van der Waals surface area contributed by atoms with Crippen LogP contribution in [0.25, 0.3) is 5.65 Å². The number of halogens is 2. The van der Waals surface area contributed by atoms with Gasteiger partial charge in [0.1, 0.15) is 5.82 Å². The average molecular weight is 494 g/mol. The Morgan fingerprint density at radius 1 is 1.21 bits per heavy atom. The summed E-state index contributed by atoms with van der Waals surface area (Å²) in [6, 6.07) is 3.49. The Hall–Kier alpha value is -2.72. The van der Waals surface area contributed by atoms with E-state index in [9.17, 15) is 17.6 Å². The van der Waals surface area contributed by atoms with Gasteiger partial charge in [0, 0.05) is 24.0 Å². The van der Waals surface area contributed by atoms with Gasteiger partial charge in [-0.1, -0.05) is 11.6 Å². The molecule has 1 aliphatic heterocycles. The van der Waals surface area contributed by atoms with Crippen LogP contribution >= 0.6 is 11.6 Å². The molecule has 1 N–H and O–H groups in total. The number of likely N-dealkylation sites (tertiary alicyclic amines) is 1. The van der Waals surface area contributed by atoms with E-state index in [1.807, 2.05) is 26.8 Å². The van der Waals surface area contributed by atoms with E-state index >= 15 is 0 Å². The van der Waals surface area contributed by atoms with Crippen LogP contribution in [0.3, 0.4) is 0 Å². The predicted octanol–water partition coefficient (Wildman–Crippen LogP) is 4.19. The van der Waals surface area contributed by atoms with Gasteiger partial charge in [-0.15, -0.1) is 0 Å². The minimum Gasteiger partial charge on any atom is -0.330 e. The van der Waals surface area contributed by atoms with Crippen LogP contribution in [-0.2, 0) is 10.0 Å². The number of aryl methyl sites for hydroxylation is 2. The van der Waals surface area contributed by atoms with Crippen molar-refractivity contribution in [2.75, 3.05) is 17.5 Å². The number of sulfonamides is 1. The summed E-state index contributed by atoms with van der Waals surface area (Å²) in [5.74, 6) is -1.24. The fourth-order valence-electron chi connectivity index (χ4n) is 4.22. The molecule has 1 aromatic carbocycles. The third-order valence-corrected chi connectivity index (χ3v) is 6.95. The molecule has 1 amide bonds. The van der Waals surface area contributed by atoms with E-state index in [-0.39, 0.29) is 22.3 Å². The van der Waals surface area contributed by atoms with E-state index in [4.69, 9.17) is 16.7 Å². The second-order valence-electron chi connectivity index (χ2n) is 8.44. The number of carbonyl (C=O) groups excluding carboxylic acids is 1. The maximum Gasteiger partial charge on any atom is 0.256 e. The highest BCUT2D eigenvalue weighted by Crippen LogP contribution is 2.35. The summed E-state index contributed by atoms with van der Waals surface area (Å²) in [4.78, 5) is 19.8. The zero-order valence-corrected chi connectivity index (χ0v) is 20.4. The van der Waals surface area contributed by atoms with Crippen molar-refractivity contribution in [3.63, 3.8) is 0 Å². The first-order valence-electron chi connectivity index (χ1n) is 10.6. The fraction of sp³-hybridized carbons (Fsp3) is 0.409. The lowest BCUT2D eigenvalue weighted by atomic mass is 9.98. The highest BCUT2D eigenvalue weighted by atomic mass is 35.5. The van der Waals surface area contributed by atoms with Gasteiger partial charge >= 0.3 is 0 Å². The summed E-state index contributed by atoms with van der Waals surface area (Å²) in [6.45, 7) is 6.32. The molecule has 176 valence electrons. The van der Waals surface area contributed by atoms with Crippen LogP contribution in [0.2, 0.25) is 5.02 Å². The van der Waals surface area contributed by atoms with E-state index in [0.717, 1.165) is 48.2 Å². The second kappa shape index (κ2) is 8.57. The van der Waals surface area contributed by atoms with Gasteiger partial charge in [-0.2, -0.15) is 5.10 Å². The molecule has 0 unspecified atom stereocenters. The predicted molar refractivity (Wildman–Crippen MR) is 125 cm³/mol. The summed E-state index contributed by atoms with van der Waals surface area (Å²) in [5, 5.41) is 4.55. The molecular weight excluding hydrogens is 469 g/mol. The highest BCUT2D eigenvalue weighted by Gasteiger charge is 2.33. The molecule has 8 nitrogen and oxygen atoms in total. The zero-order chi connectivity index (χ0) is 24.1. The summed E-state index contributed by atoms with van der Waals surface area (Å²) in [5.41, 5.74) is 4.03. The number of amides is 1. The number of aromatic nitrogens is 3. The molecule has 1 saturated heterocycles. The highest BCUT2D eigenvalue weighted by molar-refractivity contribution is 7.92. The molecule has 0 radical (unpaired) electrons. The Balaban J connectivity index is 1.78. The standard InChI is InChI=1S/C22H25ClFN5O3S/c1-12-13(2)25-20-11-18(26-29(20)14(12)3)19-7-5-6-8-28(19)22(30)16-9-15(24)10-17(23)21(16)27-33(4,31)32/h9-11,19,27H,5-8H2,1-4H3/t19-/m0/s1. The smallest absolute Gasteiger partial charge is 0.256 e. The molecule has 11 heteroatoms. The van der Waals surface area contributed by atoms with Crippen LogP contribution in [0.5, 0.6) is 0 Å². The monoisotopic (exact) mass is 493 g/mol. The van der Waals surface area contributed by atoms with Crippen molar-refractivity contribution < 1.29 is 17.6 Å². The van der Waals surface area contributed by atoms with Gasteiger partial charge in [-0.05, 0) is 57.7 Å². The van der Waals surface area contributed by atoms with Crippen LogP contribution in [-0.4, -0.2) is 46.6 Å². The van der Waals surface area contributed by atoms with Crippen LogP contribution in [0, 0.1) is 26.6 Å². The number of rotatable bonds is 4. The number of carbonyl (C=O) groups is 1. The van der Waals surface area contributed by atoms with E-state index in [1.165, 1.54) is 0 Å². The quantitative estimate of drug-likeness (QED) is 0.588. The van der Waals surface area contributed by atoms with Crippen molar-refractivity contribution in [1.82, 2.24) is 19.5 Å². The van der Waals surface area contributed by atoms with Crippen LogP contribution < -0.4 is 4.72 Å². The maximum atomic E-state index is 14.2. The van der Waals surface area contributed by atoms with Crippen molar-refractivity contribution in [3.05, 3.63) is 57.2 Å². The Labute approximate surface area is 196 Å². The molecule has 0 aliphatic carbocycles. The van der Waals surface area contributed by atoms with E-state index in [2.05, 4.69) is 9.71 Å². The molecule has 1 fully saturated rings. The molecule has 0 spiro atoms. The van der Waals surface area contributed by atoms with Gasteiger partial charge in [-0.3, -0.25) is 9.52 Å². The molecule has 2 aromatic heterocycles. The number of benzene rings is 1. The zero-order valence-electron chi connectivity index (χ0n) is 18.8. The van der Waals surface area contributed by atoms with Gasteiger partial charge in [0.2, 0.25) is 10.0 Å². The van der Waals surface area contributed by atoms with Gasteiger partial charge in [0.15, 0.2) is 5.65 Å². The fourth-order valence-corrected chi connectivity index (χ4v) is 5.12. The van der Waals surface area contributed by atoms with Crippen molar-refractivity contribution in [3.8, 4) is 0 Å². The minimum absolute atomic E-state index is 0.131. The first kappa shape index (κ1) is 23.4. The molecular formula is C22H25ClFN5O3S. The molecule has 3 aromatic rings. The van der Waals surface area contributed by atoms with Crippen molar-refractivity contribution >= 4 is 38.9 Å². The number of nitrogens with zero attached hydrogens (tertiary/aromatic N) is 4. The van der Waals surface area contributed by atoms with Gasteiger partial charge in [0.05, 0.1) is 34.3 Å². The number of hydrogen-bond donors (Lipinski definition) is 1. The Kier molecular flexibility index (Phi) is 6.09. The topological polar surface area (TPSA) is 96.7 Å². The molecule has 1 aliphatic rings. The van der Waals surface area contributed by atoms with Crippen LogP contribution in [0.1, 0.15) is 58.3 Å². The van der Waals surface area contributed by atoms with E-state index in [0.29, 0.717) is 24.3 Å². The first-order valence-corrected chi connectivity index (χ1v) is 12.8. The van der Waals surface area contributed by atoms with Gasteiger partial charge in [0.25, 0.3) is 5.91 Å². The summed E-state index contributed by atoms with van der Waals surface area (Å²) in [7, 11) is -3.75. The molecule has 33 heavy (non-hydrogen) atoms. The normalized spacial score (nSPS) is 16.9. The van der Waals surface area contributed by atoms with Crippen molar-refractivity contribution in [1.29, 1.82) is 0 Å². The number of anilines is 1. The molecule has 3 heterocycles. The number of nitrogens with one attached hydrogen (secondary N) is 1. The third-order valence-electron chi connectivity index (χ3n) is 6.07. The Morgan fingerprint density at radius 2 is 1.94 bits per heavy atom. The average Bonchev–Trinajstić information content (AvgIpc) is 3.16. The van der Waals surface area contributed by atoms with Crippen molar-refractivity contribution in [2.45, 2.75) is 46.1 Å². The van der Waals surface area contributed by atoms with E-state index in [1.54, 1.807) is 9.42 Å². The lowest BCUT2D eigenvalue weighted by Crippen LogP contribution is -2.39. The van der Waals surface area contributed by atoms with Crippen LogP contribution in [0.15, 0.2) is 18.2 Å². The van der Waals surface area contributed by atoms with Gasteiger partial charge < -0.3 is 4.90 Å². The summed E-state index contributed by atoms with van der Waals surface area (Å²) in [6.07, 6.45) is 3.28. The molecule has 0 bridgehead atoms. The van der Waals surface area contributed by atoms with E-state index < -0.39 is 21.7 Å². The lowest BCUT2D eigenvalue weighted by molar-refractivity contribution is 0.0606. The number of piperidine rings is 1. The van der Waals surface area contributed by atoms with Crippen LogP contribution in [0.4, 0.5) is 10.1 Å². The lowest BCUT2D eigenvalue weighted by Gasteiger charge is -2.35. The summed E-state index contributed by atoms with van der Waals surface area (Å²) >= 11 is 6.12. The third kappa shape index (κ3) is 4.54. The first-order chi connectivity index (χ1) is 15.5. The van der Waals surface area contributed by atoms with Crippen molar-refractivity contribution in [2.24, 2.45) is 0 Å². The Morgan fingerprint density at radius 3 is 2.64 bits per heavy atom. The molecule has 0 saturated carbocycles. The minimum atomic E-state index is -3.75. The SMILES string of the molecule is Cc1nc2cc([C@@H]3CCCCN3C(=O)c3cc(F)cc(Cl)c3NS(C)(=O)=O)nn2c(C)c1C.